The summed E-state index contributed by atoms with van der Waals surface area (Å²) in [6.07, 6.45) is 9.01. The van der Waals surface area contributed by atoms with Crippen LogP contribution in [0.15, 0.2) is 24.8 Å². The first-order valence-corrected chi connectivity index (χ1v) is 6.01. The summed E-state index contributed by atoms with van der Waals surface area (Å²) in [6.45, 7) is 7.94. The Morgan fingerprint density at radius 3 is 2.56 bits per heavy atom. The fraction of sp³-hybridized carbons (Fsp3) is 0.714. The zero-order chi connectivity index (χ0) is 12.0. The van der Waals surface area contributed by atoms with E-state index in [1.165, 1.54) is 0 Å². The second kappa shape index (κ2) is 3.44. The third kappa shape index (κ3) is 1.26. The topological polar surface area (TPSA) is 29.5 Å². The molecular weight excluding hydrogens is 200 g/mol. The molecule has 2 bridgehead atoms. The number of fused-ring (bicyclic) bond motifs is 2. The number of hydrogen-bond acceptors (Lipinski definition) is 2. The minimum Gasteiger partial charge on any atom is -0.386 e. The third-order valence-electron chi connectivity index (χ3n) is 4.87. The summed E-state index contributed by atoms with van der Waals surface area (Å²) in [7, 11) is 1.69. The Balaban J connectivity index is 2.48. The summed E-state index contributed by atoms with van der Waals surface area (Å²) < 4.78 is 5.63. The average molecular weight is 222 g/mol. The third-order valence-corrected chi connectivity index (χ3v) is 4.87. The van der Waals surface area contributed by atoms with Crippen molar-refractivity contribution >= 4 is 0 Å². The minimum absolute atomic E-state index is 0.0813. The Labute approximate surface area is 98.0 Å². The van der Waals surface area contributed by atoms with E-state index in [-0.39, 0.29) is 11.3 Å². The van der Waals surface area contributed by atoms with Gasteiger partial charge in [0, 0.05) is 13.0 Å². The van der Waals surface area contributed by atoms with E-state index in [2.05, 4.69) is 25.7 Å². The molecule has 1 N–H and O–H groups in total. The molecule has 4 atom stereocenters. The number of ether oxygens (including phenoxy) is 1. The zero-order valence-corrected chi connectivity index (χ0v) is 10.5. The van der Waals surface area contributed by atoms with Crippen LogP contribution in [-0.4, -0.2) is 23.4 Å². The van der Waals surface area contributed by atoms with Gasteiger partial charge in [0.15, 0.2) is 0 Å². The Morgan fingerprint density at radius 2 is 2.12 bits per heavy atom. The standard InChI is InChI=1S/C14H22O2/c1-5-6-11-12(2)7-9-14(16-4,10-8-12)13(11,3)15/h5,7,9,11,15H,1,6,8,10H2,2-4H3/t11-,12+,13-,14+/m1/s1. The highest BCUT2D eigenvalue weighted by Crippen LogP contribution is 2.58. The normalized spacial score (nSPS) is 50.6. The van der Waals surface area contributed by atoms with Crippen molar-refractivity contribution in [1.29, 1.82) is 0 Å². The highest BCUT2D eigenvalue weighted by molar-refractivity contribution is 5.29. The first-order chi connectivity index (χ1) is 7.42. The van der Waals surface area contributed by atoms with Crippen LogP contribution >= 0.6 is 0 Å². The molecule has 2 heteroatoms. The van der Waals surface area contributed by atoms with Crippen LogP contribution < -0.4 is 0 Å². The Kier molecular flexibility index (Phi) is 2.56. The van der Waals surface area contributed by atoms with Crippen LogP contribution in [0.3, 0.4) is 0 Å². The molecule has 0 aromatic rings. The maximum absolute atomic E-state index is 10.8. The second-order valence-electron chi connectivity index (χ2n) is 5.66. The molecule has 1 saturated carbocycles. The highest BCUT2D eigenvalue weighted by Gasteiger charge is 2.61. The van der Waals surface area contributed by atoms with Crippen LogP contribution in [0.2, 0.25) is 0 Å². The molecule has 0 radical (unpaired) electrons. The number of aliphatic hydroxyl groups is 1. The van der Waals surface area contributed by atoms with Gasteiger partial charge < -0.3 is 9.84 Å². The van der Waals surface area contributed by atoms with Crippen LogP contribution in [0.4, 0.5) is 0 Å². The van der Waals surface area contributed by atoms with E-state index in [1.54, 1.807) is 7.11 Å². The van der Waals surface area contributed by atoms with E-state index < -0.39 is 11.2 Å². The van der Waals surface area contributed by atoms with Crippen molar-refractivity contribution in [3.63, 3.8) is 0 Å². The smallest absolute Gasteiger partial charge is 0.114 e. The molecule has 0 saturated heterocycles. The minimum atomic E-state index is -0.808. The number of rotatable bonds is 3. The molecule has 3 aliphatic carbocycles. The Bertz CT molecular complexity index is 332. The van der Waals surface area contributed by atoms with Gasteiger partial charge in [-0.25, -0.2) is 0 Å². The quantitative estimate of drug-likeness (QED) is 0.744. The molecule has 16 heavy (non-hydrogen) atoms. The van der Waals surface area contributed by atoms with Gasteiger partial charge >= 0.3 is 0 Å². The summed E-state index contributed by atoms with van der Waals surface area (Å²) in [5.41, 5.74) is -1.23. The van der Waals surface area contributed by atoms with Crippen LogP contribution in [0.5, 0.6) is 0 Å². The molecule has 3 aliphatic rings. The van der Waals surface area contributed by atoms with Gasteiger partial charge in [-0.3, -0.25) is 0 Å². The van der Waals surface area contributed by atoms with Crippen molar-refractivity contribution in [3.05, 3.63) is 24.8 Å². The molecule has 0 spiro atoms. The van der Waals surface area contributed by atoms with Gasteiger partial charge in [0.25, 0.3) is 0 Å². The van der Waals surface area contributed by atoms with Crippen LogP contribution in [0.1, 0.15) is 33.1 Å². The fourth-order valence-electron chi connectivity index (χ4n) is 3.64. The van der Waals surface area contributed by atoms with Gasteiger partial charge in [-0.05, 0) is 31.6 Å². The molecule has 2 nitrogen and oxygen atoms in total. The first-order valence-electron chi connectivity index (χ1n) is 6.01. The van der Waals surface area contributed by atoms with E-state index in [9.17, 15) is 5.11 Å². The molecule has 3 rings (SSSR count). The van der Waals surface area contributed by atoms with Gasteiger partial charge in [0.1, 0.15) is 5.60 Å². The highest BCUT2D eigenvalue weighted by atomic mass is 16.5. The van der Waals surface area contributed by atoms with Gasteiger partial charge in [0.2, 0.25) is 0 Å². The number of hydrogen-bond donors (Lipinski definition) is 1. The predicted octanol–water partition coefficient (Wildman–Crippen LogP) is 2.68. The summed E-state index contributed by atoms with van der Waals surface area (Å²) in [5.74, 6) is 0.191. The Morgan fingerprint density at radius 1 is 1.44 bits per heavy atom. The van der Waals surface area contributed by atoms with Crippen molar-refractivity contribution in [2.75, 3.05) is 7.11 Å². The molecule has 0 aromatic heterocycles. The van der Waals surface area contributed by atoms with E-state index >= 15 is 0 Å². The lowest BCUT2D eigenvalue weighted by Gasteiger charge is -2.60. The van der Waals surface area contributed by atoms with Gasteiger partial charge in [0.05, 0.1) is 5.60 Å². The lowest BCUT2D eigenvalue weighted by Crippen LogP contribution is -2.66. The lowest BCUT2D eigenvalue weighted by molar-refractivity contribution is -0.216. The van der Waals surface area contributed by atoms with Crippen LogP contribution in [-0.2, 0) is 4.74 Å². The van der Waals surface area contributed by atoms with E-state index in [0.29, 0.717) is 0 Å². The molecule has 0 heterocycles. The summed E-state index contributed by atoms with van der Waals surface area (Å²) in [6, 6.07) is 0. The van der Waals surface area contributed by atoms with Gasteiger partial charge in [-0.1, -0.05) is 25.2 Å². The Hall–Kier alpha value is -0.600. The van der Waals surface area contributed by atoms with E-state index in [0.717, 1.165) is 19.3 Å². The van der Waals surface area contributed by atoms with Crippen LogP contribution in [0.25, 0.3) is 0 Å². The summed E-state index contributed by atoms with van der Waals surface area (Å²) in [5, 5.41) is 10.8. The maximum Gasteiger partial charge on any atom is 0.114 e. The summed E-state index contributed by atoms with van der Waals surface area (Å²) in [4.78, 5) is 0. The van der Waals surface area contributed by atoms with E-state index in [4.69, 9.17) is 4.74 Å². The summed E-state index contributed by atoms with van der Waals surface area (Å²) >= 11 is 0. The largest absolute Gasteiger partial charge is 0.386 e. The second-order valence-corrected chi connectivity index (χ2v) is 5.66. The van der Waals surface area contributed by atoms with Crippen molar-refractivity contribution in [1.82, 2.24) is 0 Å². The molecule has 1 fully saturated rings. The van der Waals surface area contributed by atoms with Gasteiger partial charge in [-0.2, -0.15) is 0 Å². The monoisotopic (exact) mass is 222 g/mol. The fourth-order valence-corrected chi connectivity index (χ4v) is 3.64. The molecular formula is C14H22O2. The molecule has 0 aromatic carbocycles. The van der Waals surface area contributed by atoms with Gasteiger partial charge in [-0.15, -0.1) is 6.58 Å². The van der Waals surface area contributed by atoms with Crippen molar-refractivity contribution in [2.24, 2.45) is 11.3 Å². The van der Waals surface area contributed by atoms with Crippen LogP contribution in [0, 0.1) is 11.3 Å². The lowest BCUT2D eigenvalue weighted by atomic mass is 9.50. The molecule has 0 unspecified atom stereocenters. The first kappa shape index (κ1) is 11.9. The predicted molar refractivity (Wildman–Crippen MR) is 65.1 cm³/mol. The van der Waals surface area contributed by atoms with Crippen molar-refractivity contribution in [2.45, 2.75) is 44.3 Å². The molecule has 90 valence electrons. The van der Waals surface area contributed by atoms with E-state index in [1.807, 2.05) is 13.0 Å². The maximum atomic E-state index is 10.8. The number of allylic oxidation sites excluding steroid dienone is 2. The molecule has 0 amide bonds. The van der Waals surface area contributed by atoms with Crippen molar-refractivity contribution < 1.29 is 9.84 Å². The SMILES string of the molecule is C=CC[C@@H]1[C@@]2(C)C=C[C@](OC)(CC2)[C@]1(C)O. The number of methoxy groups -OCH3 is 1. The molecule has 0 aliphatic heterocycles. The van der Waals surface area contributed by atoms with Crippen molar-refractivity contribution in [3.8, 4) is 0 Å². The average Bonchev–Trinajstić information content (AvgIpc) is 2.25. The zero-order valence-electron chi connectivity index (χ0n) is 10.5.